The average Bonchev–Trinajstić information content (AvgIpc) is 2.23. The van der Waals surface area contributed by atoms with Crippen LogP contribution in [0, 0.1) is 6.92 Å². The lowest BCUT2D eigenvalue weighted by molar-refractivity contribution is -0.137. The van der Waals surface area contributed by atoms with Crippen molar-refractivity contribution in [3.05, 3.63) is 23.3 Å². The van der Waals surface area contributed by atoms with Gasteiger partial charge in [0.05, 0.1) is 0 Å². The minimum Gasteiger partial charge on any atom is -0.508 e. The molecular weight excluding hydrogens is 210 g/mol. The summed E-state index contributed by atoms with van der Waals surface area (Å²) in [6, 6.07) is 2.39. The summed E-state index contributed by atoms with van der Waals surface area (Å²) in [5, 5.41) is 27.6. The predicted molar refractivity (Wildman–Crippen MR) is 58.3 cm³/mol. The molecule has 0 fully saturated rings. The topological polar surface area (TPSA) is 104 Å². The van der Waals surface area contributed by atoms with Gasteiger partial charge in [0.25, 0.3) is 0 Å². The Morgan fingerprint density at radius 1 is 1.44 bits per heavy atom. The SMILES string of the molecule is Cc1c(O)ccc(C(N)CCC(=O)O)c1O. The van der Waals surface area contributed by atoms with Crippen molar-refractivity contribution >= 4 is 5.97 Å². The molecule has 1 rings (SSSR count). The molecule has 5 heteroatoms. The summed E-state index contributed by atoms with van der Waals surface area (Å²) in [7, 11) is 0. The highest BCUT2D eigenvalue weighted by molar-refractivity contribution is 5.66. The molecule has 1 unspecified atom stereocenters. The van der Waals surface area contributed by atoms with E-state index in [1.54, 1.807) is 6.92 Å². The van der Waals surface area contributed by atoms with Crippen LogP contribution in [0.1, 0.15) is 30.0 Å². The minimum atomic E-state index is -0.926. The first-order valence-corrected chi connectivity index (χ1v) is 4.92. The summed E-state index contributed by atoms with van der Waals surface area (Å²) in [5.74, 6) is -1.00. The summed E-state index contributed by atoms with van der Waals surface area (Å²) in [5.41, 5.74) is 6.56. The number of carboxylic acid groups (broad SMARTS) is 1. The standard InChI is InChI=1S/C11H15NO4/c1-6-9(13)4-2-7(11(6)16)8(12)3-5-10(14)15/h2,4,8,13,16H,3,5,12H2,1H3,(H,14,15). The normalized spacial score (nSPS) is 12.4. The minimum absolute atomic E-state index is 0.00770. The van der Waals surface area contributed by atoms with Gasteiger partial charge >= 0.3 is 5.97 Å². The molecule has 0 saturated carbocycles. The van der Waals surface area contributed by atoms with E-state index in [0.29, 0.717) is 11.1 Å². The summed E-state index contributed by atoms with van der Waals surface area (Å²) in [4.78, 5) is 10.4. The Kier molecular flexibility index (Phi) is 3.73. The maximum absolute atomic E-state index is 10.4. The zero-order valence-corrected chi connectivity index (χ0v) is 8.97. The maximum Gasteiger partial charge on any atom is 0.303 e. The van der Waals surface area contributed by atoms with Gasteiger partial charge in [-0.2, -0.15) is 0 Å². The number of benzene rings is 1. The van der Waals surface area contributed by atoms with Crippen LogP contribution in [0.4, 0.5) is 0 Å². The quantitative estimate of drug-likeness (QED) is 0.617. The molecular formula is C11H15NO4. The lowest BCUT2D eigenvalue weighted by atomic mass is 9.99. The molecule has 5 nitrogen and oxygen atoms in total. The highest BCUT2D eigenvalue weighted by Gasteiger charge is 2.15. The summed E-state index contributed by atoms with van der Waals surface area (Å²) in [6.07, 6.45) is 0.188. The second kappa shape index (κ2) is 4.85. The Bertz CT molecular complexity index is 403. The zero-order valence-electron chi connectivity index (χ0n) is 8.97. The third kappa shape index (κ3) is 2.64. The largest absolute Gasteiger partial charge is 0.508 e. The van der Waals surface area contributed by atoms with Gasteiger partial charge in [-0.15, -0.1) is 0 Å². The van der Waals surface area contributed by atoms with Gasteiger partial charge in [0, 0.05) is 23.6 Å². The van der Waals surface area contributed by atoms with Crippen molar-refractivity contribution in [1.29, 1.82) is 0 Å². The molecule has 1 aromatic rings. The van der Waals surface area contributed by atoms with E-state index in [2.05, 4.69) is 0 Å². The van der Waals surface area contributed by atoms with E-state index in [9.17, 15) is 15.0 Å². The molecule has 1 atom stereocenters. The van der Waals surface area contributed by atoms with Gasteiger partial charge in [-0.3, -0.25) is 4.79 Å². The molecule has 0 aliphatic heterocycles. The van der Waals surface area contributed by atoms with E-state index < -0.39 is 12.0 Å². The van der Waals surface area contributed by atoms with Crippen LogP contribution < -0.4 is 5.73 Å². The number of hydrogen-bond donors (Lipinski definition) is 4. The van der Waals surface area contributed by atoms with Crippen molar-refractivity contribution < 1.29 is 20.1 Å². The number of nitrogens with two attached hydrogens (primary N) is 1. The number of aliphatic carboxylic acids is 1. The fourth-order valence-electron chi connectivity index (χ4n) is 1.44. The van der Waals surface area contributed by atoms with Crippen LogP contribution in [0.15, 0.2) is 12.1 Å². The maximum atomic E-state index is 10.4. The van der Waals surface area contributed by atoms with Crippen LogP contribution in [0.5, 0.6) is 11.5 Å². The number of rotatable bonds is 4. The summed E-state index contributed by atoms with van der Waals surface area (Å²) in [6.45, 7) is 1.57. The Balaban J connectivity index is 2.87. The number of phenols is 2. The second-order valence-electron chi connectivity index (χ2n) is 3.69. The third-order valence-corrected chi connectivity index (χ3v) is 2.50. The van der Waals surface area contributed by atoms with Gasteiger partial charge in [0.1, 0.15) is 11.5 Å². The third-order valence-electron chi connectivity index (χ3n) is 2.50. The number of carbonyl (C=O) groups is 1. The lowest BCUT2D eigenvalue weighted by Gasteiger charge is -2.14. The molecule has 0 amide bonds. The lowest BCUT2D eigenvalue weighted by Crippen LogP contribution is -2.12. The van der Waals surface area contributed by atoms with Crippen molar-refractivity contribution in [1.82, 2.24) is 0 Å². The smallest absolute Gasteiger partial charge is 0.303 e. The van der Waals surface area contributed by atoms with Gasteiger partial charge in [0.15, 0.2) is 0 Å². The molecule has 0 aliphatic carbocycles. The number of hydrogen-bond acceptors (Lipinski definition) is 4. The predicted octanol–water partition coefficient (Wildman–Crippen LogP) is 1.27. The van der Waals surface area contributed by atoms with Crippen molar-refractivity contribution in [3.63, 3.8) is 0 Å². The fraction of sp³-hybridized carbons (Fsp3) is 0.364. The van der Waals surface area contributed by atoms with Gasteiger partial charge < -0.3 is 21.1 Å². The molecule has 16 heavy (non-hydrogen) atoms. The summed E-state index contributed by atoms with van der Waals surface area (Å²) >= 11 is 0. The van der Waals surface area contributed by atoms with Crippen molar-refractivity contribution in [2.24, 2.45) is 5.73 Å². The average molecular weight is 225 g/mol. The molecule has 0 bridgehead atoms. The van der Waals surface area contributed by atoms with Gasteiger partial charge in [0.2, 0.25) is 0 Å². The molecule has 0 heterocycles. The monoisotopic (exact) mass is 225 g/mol. The zero-order chi connectivity index (χ0) is 12.3. The van der Waals surface area contributed by atoms with Crippen LogP contribution in [0.25, 0.3) is 0 Å². The highest BCUT2D eigenvalue weighted by atomic mass is 16.4. The Labute approximate surface area is 93.1 Å². The van der Waals surface area contributed by atoms with Crippen molar-refractivity contribution in [2.45, 2.75) is 25.8 Å². The van der Waals surface area contributed by atoms with Crippen LogP contribution >= 0.6 is 0 Å². The first-order chi connectivity index (χ1) is 7.43. The first-order valence-electron chi connectivity index (χ1n) is 4.92. The molecule has 0 aliphatic rings. The first kappa shape index (κ1) is 12.3. The molecule has 0 saturated heterocycles. The molecule has 1 aromatic carbocycles. The van der Waals surface area contributed by atoms with Crippen LogP contribution in [-0.2, 0) is 4.79 Å². The molecule has 5 N–H and O–H groups in total. The Morgan fingerprint density at radius 2 is 2.06 bits per heavy atom. The van der Waals surface area contributed by atoms with E-state index in [-0.39, 0.29) is 24.3 Å². The van der Waals surface area contributed by atoms with E-state index in [4.69, 9.17) is 10.8 Å². The highest BCUT2D eigenvalue weighted by Crippen LogP contribution is 2.33. The van der Waals surface area contributed by atoms with Gasteiger partial charge in [-0.25, -0.2) is 0 Å². The van der Waals surface area contributed by atoms with Gasteiger partial charge in [-0.05, 0) is 19.4 Å². The number of aromatic hydroxyl groups is 2. The van der Waals surface area contributed by atoms with Crippen LogP contribution in [0.2, 0.25) is 0 Å². The van der Waals surface area contributed by atoms with Gasteiger partial charge in [-0.1, -0.05) is 6.07 Å². The van der Waals surface area contributed by atoms with E-state index >= 15 is 0 Å². The molecule has 0 aromatic heterocycles. The molecule has 0 spiro atoms. The van der Waals surface area contributed by atoms with Crippen LogP contribution in [0.3, 0.4) is 0 Å². The fourth-order valence-corrected chi connectivity index (χ4v) is 1.44. The van der Waals surface area contributed by atoms with Crippen molar-refractivity contribution in [2.75, 3.05) is 0 Å². The summed E-state index contributed by atoms with van der Waals surface area (Å²) < 4.78 is 0. The number of phenolic OH excluding ortho intramolecular Hbond substituents is 2. The number of carboxylic acids is 1. The molecule has 0 radical (unpaired) electrons. The second-order valence-corrected chi connectivity index (χ2v) is 3.69. The van der Waals surface area contributed by atoms with Crippen molar-refractivity contribution in [3.8, 4) is 11.5 Å². The van der Waals surface area contributed by atoms with E-state index in [0.717, 1.165) is 0 Å². The molecule has 88 valence electrons. The van der Waals surface area contributed by atoms with E-state index in [1.807, 2.05) is 0 Å². The Hall–Kier alpha value is -1.75. The van der Waals surface area contributed by atoms with E-state index in [1.165, 1.54) is 12.1 Å². The van der Waals surface area contributed by atoms with Crippen LogP contribution in [-0.4, -0.2) is 21.3 Å². The Morgan fingerprint density at radius 3 is 2.62 bits per heavy atom.